The highest BCUT2D eigenvalue weighted by molar-refractivity contribution is 6.79. The topological polar surface area (TPSA) is 9.86 Å². The minimum atomic E-state index is -1.07. The Kier molecular flexibility index (Phi) is 6.69. The van der Waals surface area contributed by atoms with Gasteiger partial charge < -0.3 is 9.13 Å². The number of para-hydroxylation sites is 2. The third kappa shape index (κ3) is 4.35. The predicted octanol–water partition coefficient (Wildman–Crippen LogP) is 7.26. The van der Waals surface area contributed by atoms with Gasteiger partial charge in [0.1, 0.15) is 0 Å². The summed E-state index contributed by atoms with van der Waals surface area (Å²) < 4.78 is 4.60. The van der Waals surface area contributed by atoms with Gasteiger partial charge in [0, 0.05) is 36.5 Å². The van der Waals surface area contributed by atoms with Crippen molar-refractivity contribution in [1.82, 2.24) is 9.13 Å². The van der Waals surface area contributed by atoms with Crippen LogP contribution in [0, 0.1) is 6.92 Å². The molecule has 0 aliphatic carbocycles. The number of aromatic nitrogens is 2. The molecule has 29 heavy (non-hydrogen) atoms. The first kappa shape index (κ1) is 21.4. The van der Waals surface area contributed by atoms with E-state index in [2.05, 4.69) is 112 Å². The van der Waals surface area contributed by atoms with Gasteiger partial charge >= 0.3 is 0 Å². The Labute approximate surface area is 177 Å². The van der Waals surface area contributed by atoms with Crippen molar-refractivity contribution in [2.24, 2.45) is 14.1 Å². The lowest BCUT2D eigenvalue weighted by molar-refractivity contribution is 0.888. The van der Waals surface area contributed by atoms with Gasteiger partial charge in [0.15, 0.2) is 0 Å². The molecule has 3 heteroatoms. The largest absolute Gasteiger partial charge is 0.348 e. The van der Waals surface area contributed by atoms with Crippen LogP contribution in [0.4, 0.5) is 0 Å². The molecule has 0 aliphatic heterocycles. The van der Waals surface area contributed by atoms with Gasteiger partial charge in [0.05, 0.1) is 8.07 Å². The Bertz CT molecular complexity index is 1070. The third-order valence-electron chi connectivity index (χ3n) is 7.05. The molecule has 0 unspecified atom stereocenters. The summed E-state index contributed by atoms with van der Waals surface area (Å²) in [5.41, 5.74) is 5.53. The van der Waals surface area contributed by atoms with Crippen LogP contribution < -0.4 is 0 Å². The Morgan fingerprint density at radius 3 is 1.66 bits per heavy atom. The van der Waals surface area contributed by atoms with E-state index in [4.69, 9.17) is 0 Å². The molecular weight excluding hydrogens is 368 g/mol. The number of nitrogens with zero attached hydrogens (tertiary/aromatic N) is 2. The highest BCUT2D eigenvalue weighted by Crippen LogP contribution is 2.28. The number of rotatable bonds is 5. The van der Waals surface area contributed by atoms with Gasteiger partial charge in [0.25, 0.3) is 0 Å². The Morgan fingerprint density at radius 2 is 1.17 bits per heavy atom. The third-order valence-corrected chi connectivity index (χ3v) is 12.7. The van der Waals surface area contributed by atoms with Crippen LogP contribution in [0.25, 0.3) is 21.8 Å². The molecular formula is C26H36N2Si. The van der Waals surface area contributed by atoms with Gasteiger partial charge in [-0.3, -0.25) is 0 Å². The zero-order valence-corrected chi connectivity index (χ0v) is 20.0. The maximum atomic E-state index is 2.40. The average molecular weight is 405 g/mol. The number of hydrogen-bond donors (Lipinski definition) is 0. The van der Waals surface area contributed by atoms with Crippen molar-refractivity contribution < 1.29 is 0 Å². The van der Waals surface area contributed by atoms with Crippen LogP contribution in [0.5, 0.6) is 0 Å². The first-order valence-electron chi connectivity index (χ1n) is 11.0. The Balaban J connectivity index is 0.000000186. The van der Waals surface area contributed by atoms with Crippen LogP contribution in [0.1, 0.15) is 32.2 Å². The monoisotopic (exact) mass is 404 g/mol. The second-order valence-corrected chi connectivity index (χ2v) is 13.9. The van der Waals surface area contributed by atoms with Crippen LogP contribution in [0.15, 0.2) is 60.7 Å². The van der Waals surface area contributed by atoms with E-state index in [0.29, 0.717) is 0 Å². The molecule has 0 bridgehead atoms. The van der Waals surface area contributed by atoms with Crippen molar-refractivity contribution in [3.63, 3.8) is 0 Å². The summed E-state index contributed by atoms with van der Waals surface area (Å²) in [5, 5.41) is 2.72. The summed E-state index contributed by atoms with van der Waals surface area (Å²) in [7, 11) is 3.24. The average Bonchev–Trinajstić information content (AvgIpc) is 3.23. The molecule has 0 radical (unpaired) electrons. The molecule has 2 nitrogen and oxygen atoms in total. The van der Waals surface area contributed by atoms with Crippen molar-refractivity contribution in [3.8, 4) is 0 Å². The lowest BCUT2D eigenvalue weighted by Crippen LogP contribution is -2.35. The SMILES string of the molecule is CC[Si](CC)(CC)Cc1cc2ccccc2n1C.Cc1cc2ccccc2n1C. The van der Waals surface area contributed by atoms with Crippen LogP contribution >= 0.6 is 0 Å². The minimum absolute atomic E-state index is 1.07. The summed E-state index contributed by atoms with van der Waals surface area (Å²) in [6.45, 7) is 9.30. The molecule has 0 saturated carbocycles. The zero-order chi connectivity index (χ0) is 21.0. The maximum Gasteiger partial charge on any atom is 0.0589 e. The van der Waals surface area contributed by atoms with Crippen molar-refractivity contribution >= 4 is 29.9 Å². The van der Waals surface area contributed by atoms with E-state index in [-0.39, 0.29) is 0 Å². The second-order valence-electron chi connectivity index (χ2n) is 8.39. The molecule has 4 aromatic rings. The standard InChI is InChI=1S/C16H25NSi.C10H11N/c1-5-18(6-2,7-3)13-15-12-14-10-8-9-11-16(14)17(15)4;1-8-7-9-5-3-4-6-10(9)11(8)2/h8-12H,5-7,13H2,1-4H3;3-7H,1-2H3. The van der Waals surface area contributed by atoms with E-state index < -0.39 is 8.07 Å². The van der Waals surface area contributed by atoms with Crippen LogP contribution in [0.2, 0.25) is 18.1 Å². The Hall–Kier alpha value is -2.26. The van der Waals surface area contributed by atoms with Crippen molar-refractivity contribution in [2.45, 2.75) is 51.9 Å². The summed E-state index contributed by atoms with van der Waals surface area (Å²) in [5.74, 6) is 0. The molecule has 0 atom stereocenters. The van der Waals surface area contributed by atoms with Crippen LogP contribution in [0.3, 0.4) is 0 Å². The molecule has 0 fully saturated rings. The second kappa shape index (κ2) is 9.04. The zero-order valence-electron chi connectivity index (χ0n) is 19.0. The van der Waals surface area contributed by atoms with Crippen molar-refractivity contribution in [2.75, 3.05) is 0 Å². The molecule has 0 amide bonds. The molecule has 2 aromatic carbocycles. The smallest absolute Gasteiger partial charge is 0.0589 e. The molecule has 2 heterocycles. The Morgan fingerprint density at radius 1 is 0.690 bits per heavy atom. The molecule has 0 saturated heterocycles. The fourth-order valence-corrected chi connectivity index (χ4v) is 7.81. The van der Waals surface area contributed by atoms with E-state index in [9.17, 15) is 0 Å². The van der Waals surface area contributed by atoms with Gasteiger partial charge in [-0.05, 0) is 48.0 Å². The summed E-state index contributed by atoms with van der Waals surface area (Å²) >= 11 is 0. The molecule has 2 aromatic heterocycles. The van der Waals surface area contributed by atoms with E-state index in [1.54, 1.807) is 0 Å². The highest BCUT2D eigenvalue weighted by Gasteiger charge is 2.28. The summed E-state index contributed by atoms with van der Waals surface area (Å²) in [4.78, 5) is 0. The fraction of sp³-hybridized carbons (Fsp3) is 0.385. The molecule has 4 rings (SSSR count). The van der Waals surface area contributed by atoms with Crippen LogP contribution in [-0.4, -0.2) is 17.2 Å². The molecule has 0 N–H and O–H groups in total. The molecule has 154 valence electrons. The van der Waals surface area contributed by atoms with E-state index >= 15 is 0 Å². The quantitative estimate of drug-likeness (QED) is 0.310. The van der Waals surface area contributed by atoms with Gasteiger partial charge in [-0.2, -0.15) is 0 Å². The van der Waals surface area contributed by atoms with Gasteiger partial charge in [-0.15, -0.1) is 0 Å². The number of benzene rings is 2. The fourth-order valence-electron chi connectivity index (χ4n) is 4.45. The van der Waals surface area contributed by atoms with Crippen LogP contribution in [-0.2, 0) is 20.1 Å². The van der Waals surface area contributed by atoms with Gasteiger partial charge in [-0.1, -0.05) is 75.3 Å². The van der Waals surface area contributed by atoms with E-state index in [1.807, 2.05) is 0 Å². The number of aryl methyl sites for hydroxylation is 3. The lowest BCUT2D eigenvalue weighted by atomic mass is 10.2. The van der Waals surface area contributed by atoms with Gasteiger partial charge in [-0.25, -0.2) is 0 Å². The highest BCUT2D eigenvalue weighted by atomic mass is 28.3. The molecule has 0 spiro atoms. The molecule has 0 aliphatic rings. The number of hydrogen-bond acceptors (Lipinski definition) is 0. The van der Waals surface area contributed by atoms with Crippen molar-refractivity contribution in [3.05, 3.63) is 72.1 Å². The van der Waals surface area contributed by atoms with Crippen molar-refractivity contribution in [1.29, 1.82) is 0 Å². The number of fused-ring (bicyclic) bond motifs is 2. The first-order valence-corrected chi connectivity index (χ1v) is 13.8. The van der Waals surface area contributed by atoms with E-state index in [1.165, 1.54) is 57.4 Å². The van der Waals surface area contributed by atoms with E-state index in [0.717, 1.165) is 0 Å². The predicted molar refractivity (Wildman–Crippen MR) is 131 cm³/mol. The maximum absolute atomic E-state index is 2.40. The minimum Gasteiger partial charge on any atom is -0.348 e. The van der Waals surface area contributed by atoms with Gasteiger partial charge in [0.2, 0.25) is 0 Å². The lowest BCUT2D eigenvalue weighted by Gasteiger charge is -2.28. The summed E-state index contributed by atoms with van der Waals surface area (Å²) in [6, 6.07) is 27.3. The normalized spacial score (nSPS) is 11.7. The first-order chi connectivity index (χ1) is 13.9. The summed E-state index contributed by atoms with van der Waals surface area (Å²) in [6.07, 6.45) is 0.